The molecule has 0 amide bonds. The van der Waals surface area contributed by atoms with Gasteiger partial charge >= 0.3 is 0 Å². The molecule has 1 saturated carbocycles. The van der Waals surface area contributed by atoms with Gasteiger partial charge in [0.2, 0.25) is 0 Å². The van der Waals surface area contributed by atoms with Crippen molar-refractivity contribution in [3.05, 3.63) is 47.5 Å². The van der Waals surface area contributed by atoms with Crippen LogP contribution in [0.4, 0.5) is 5.13 Å². The van der Waals surface area contributed by atoms with Crippen molar-refractivity contribution in [2.75, 3.05) is 4.72 Å². The Morgan fingerprint density at radius 1 is 1.17 bits per heavy atom. The number of nitrogens with zero attached hydrogens (tertiary/aromatic N) is 3. The lowest BCUT2D eigenvalue weighted by Crippen LogP contribution is -2.13. The van der Waals surface area contributed by atoms with Crippen LogP contribution in [0.2, 0.25) is 0 Å². The number of thiophene rings is 1. The van der Waals surface area contributed by atoms with Gasteiger partial charge < -0.3 is 0 Å². The Morgan fingerprint density at radius 3 is 2.72 bits per heavy atom. The number of fused-ring (bicyclic) bond motifs is 1. The second-order valence-corrected chi connectivity index (χ2v) is 10.9. The van der Waals surface area contributed by atoms with Crippen LogP contribution in [0.25, 0.3) is 20.8 Å². The second-order valence-electron chi connectivity index (χ2n) is 7.28. The third-order valence-corrected chi connectivity index (χ3v) is 8.57. The fourth-order valence-corrected chi connectivity index (χ4v) is 6.93. The maximum atomic E-state index is 13.3. The molecule has 0 unspecified atom stereocenters. The highest BCUT2D eigenvalue weighted by Crippen LogP contribution is 2.36. The molecule has 5 rings (SSSR count). The summed E-state index contributed by atoms with van der Waals surface area (Å²) >= 11 is 2.84. The summed E-state index contributed by atoms with van der Waals surface area (Å²) in [6, 6.07) is 9.96. The lowest BCUT2D eigenvalue weighted by Gasteiger charge is -2.08. The minimum Gasteiger partial charge on any atom is -0.268 e. The maximum Gasteiger partial charge on any atom is 0.267 e. The molecule has 1 aliphatic carbocycles. The first-order valence-corrected chi connectivity index (χ1v) is 12.7. The molecule has 3 aromatic heterocycles. The van der Waals surface area contributed by atoms with Gasteiger partial charge in [-0.1, -0.05) is 42.4 Å². The predicted molar refractivity (Wildman–Crippen MR) is 118 cm³/mol. The van der Waals surface area contributed by atoms with Crippen LogP contribution >= 0.6 is 22.7 Å². The van der Waals surface area contributed by atoms with Gasteiger partial charge in [-0.05, 0) is 42.8 Å². The van der Waals surface area contributed by atoms with Crippen molar-refractivity contribution in [1.29, 1.82) is 0 Å². The van der Waals surface area contributed by atoms with Crippen molar-refractivity contribution in [3.8, 4) is 10.6 Å². The van der Waals surface area contributed by atoms with E-state index < -0.39 is 10.0 Å². The molecule has 0 spiro atoms. The van der Waals surface area contributed by atoms with Crippen molar-refractivity contribution >= 4 is 48.0 Å². The number of para-hydroxylation sites is 1. The Kier molecular flexibility index (Phi) is 4.68. The largest absolute Gasteiger partial charge is 0.268 e. The van der Waals surface area contributed by atoms with E-state index in [1.807, 2.05) is 47.3 Å². The molecule has 1 aliphatic rings. The van der Waals surface area contributed by atoms with Gasteiger partial charge in [0.15, 0.2) is 5.13 Å². The Balaban J connectivity index is 1.56. The highest BCUT2D eigenvalue weighted by atomic mass is 32.2. The van der Waals surface area contributed by atoms with Gasteiger partial charge in [0.25, 0.3) is 10.0 Å². The number of thiazole rings is 1. The molecule has 6 nitrogen and oxygen atoms in total. The number of nitrogens with one attached hydrogen (secondary N) is 1. The molecule has 0 saturated heterocycles. The van der Waals surface area contributed by atoms with Crippen LogP contribution in [0.15, 0.2) is 46.8 Å². The summed E-state index contributed by atoms with van der Waals surface area (Å²) in [5.41, 5.74) is 2.37. The summed E-state index contributed by atoms with van der Waals surface area (Å²) in [6.45, 7) is 1.97. The SMILES string of the molecule is Cc1cccc2sc(NS(=O)(=O)c3cn(C4CCCC4)nc3-c3cccs3)nc12. The van der Waals surface area contributed by atoms with Gasteiger partial charge in [0.05, 0.1) is 21.1 Å². The zero-order valence-corrected chi connectivity index (χ0v) is 18.3. The molecule has 0 atom stereocenters. The molecule has 9 heteroatoms. The van der Waals surface area contributed by atoms with Crippen molar-refractivity contribution < 1.29 is 8.42 Å². The summed E-state index contributed by atoms with van der Waals surface area (Å²) < 4.78 is 32.1. The van der Waals surface area contributed by atoms with E-state index in [0.717, 1.165) is 46.3 Å². The highest BCUT2D eigenvalue weighted by Gasteiger charge is 2.28. The van der Waals surface area contributed by atoms with Gasteiger partial charge in [-0.25, -0.2) is 13.4 Å². The number of hydrogen-bond acceptors (Lipinski definition) is 6. The zero-order valence-electron chi connectivity index (χ0n) is 15.8. The average molecular weight is 445 g/mol. The van der Waals surface area contributed by atoms with Gasteiger partial charge in [0, 0.05) is 6.20 Å². The highest BCUT2D eigenvalue weighted by molar-refractivity contribution is 7.93. The lowest BCUT2D eigenvalue weighted by molar-refractivity contribution is 0.467. The molecule has 29 heavy (non-hydrogen) atoms. The van der Waals surface area contributed by atoms with Crippen LogP contribution in [-0.4, -0.2) is 23.2 Å². The van der Waals surface area contributed by atoms with E-state index in [1.54, 1.807) is 6.20 Å². The van der Waals surface area contributed by atoms with Crippen molar-refractivity contribution in [1.82, 2.24) is 14.8 Å². The van der Waals surface area contributed by atoms with E-state index in [4.69, 9.17) is 5.10 Å². The van der Waals surface area contributed by atoms with Gasteiger partial charge in [-0.15, -0.1) is 11.3 Å². The molecule has 1 N–H and O–H groups in total. The van der Waals surface area contributed by atoms with E-state index in [0.29, 0.717) is 10.8 Å². The second kappa shape index (κ2) is 7.23. The Labute approximate surface area is 177 Å². The first-order chi connectivity index (χ1) is 14.0. The van der Waals surface area contributed by atoms with Crippen LogP contribution in [0.1, 0.15) is 37.3 Å². The topological polar surface area (TPSA) is 76.9 Å². The smallest absolute Gasteiger partial charge is 0.267 e. The number of benzene rings is 1. The molecule has 3 heterocycles. The fourth-order valence-electron chi connectivity index (χ4n) is 3.81. The monoisotopic (exact) mass is 444 g/mol. The standard InChI is InChI=1S/C20H20N4O2S3/c1-13-6-4-9-16-18(13)21-20(28-16)23-29(25,26)17-12-24(14-7-2-3-8-14)22-19(17)15-10-5-11-27-15/h4-6,9-12,14H,2-3,7-8H2,1H3,(H,21,23). The van der Waals surface area contributed by atoms with Crippen molar-refractivity contribution in [2.24, 2.45) is 0 Å². The van der Waals surface area contributed by atoms with E-state index in [9.17, 15) is 8.42 Å². The number of anilines is 1. The molecule has 0 radical (unpaired) electrons. The number of aryl methyl sites for hydroxylation is 1. The minimum absolute atomic E-state index is 0.211. The Morgan fingerprint density at radius 2 is 2.00 bits per heavy atom. The summed E-state index contributed by atoms with van der Waals surface area (Å²) in [5.74, 6) is 0. The molecular weight excluding hydrogens is 424 g/mol. The van der Waals surface area contributed by atoms with Crippen LogP contribution in [0.5, 0.6) is 0 Å². The van der Waals surface area contributed by atoms with Gasteiger partial charge in [-0.2, -0.15) is 5.10 Å². The Hall–Kier alpha value is -2.23. The summed E-state index contributed by atoms with van der Waals surface area (Å²) in [4.78, 5) is 5.56. The average Bonchev–Trinajstić information content (AvgIpc) is 3.44. The van der Waals surface area contributed by atoms with Crippen LogP contribution in [-0.2, 0) is 10.0 Å². The minimum atomic E-state index is -3.82. The van der Waals surface area contributed by atoms with E-state index >= 15 is 0 Å². The number of sulfonamides is 1. The van der Waals surface area contributed by atoms with E-state index in [-0.39, 0.29) is 10.9 Å². The maximum absolute atomic E-state index is 13.3. The zero-order chi connectivity index (χ0) is 20.0. The molecule has 0 bridgehead atoms. The van der Waals surface area contributed by atoms with E-state index in [2.05, 4.69) is 9.71 Å². The van der Waals surface area contributed by atoms with Crippen LogP contribution in [0, 0.1) is 6.92 Å². The third-order valence-electron chi connectivity index (χ3n) is 5.28. The normalized spacial score (nSPS) is 15.3. The third kappa shape index (κ3) is 3.47. The number of rotatable bonds is 5. The first-order valence-electron chi connectivity index (χ1n) is 9.53. The quantitative estimate of drug-likeness (QED) is 0.444. The van der Waals surface area contributed by atoms with Gasteiger partial charge in [-0.3, -0.25) is 9.40 Å². The predicted octanol–water partition coefficient (Wildman–Crippen LogP) is 5.45. The molecular formula is C20H20N4O2S3. The number of aromatic nitrogens is 3. The summed E-state index contributed by atoms with van der Waals surface area (Å²) in [6.07, 6.45) is 6.08. The molecule has 1 aromatic carbocycles. The molecule has 150 valence electrons. The van der Waals surface area contributed by atoms with Crippen molar-refractivity contribution in [2.45, 2.75) is 43.5 Å². The van der Waals surface area contributed by atoms with E-state index in [1.165, 1.54) is 22.7 Å². The van der Waals surface area contributed by atoms with Crippen LogP contribution in [0.3, 0.4) is 0 Å². The molecule has 0 aliphatic heterocycles. The Bertz CT molecular complexity index is 1270. The lowest BCUT2D eigenvalue weighted by atomic mass is 10.2. The van der Waals surface area contributed by atoms with Crippen molar-refractivity contribution in [3.63, 3.8) is 0 Å². The summed E-state index contributed by atoms with van der Waals surface area (Å²) in [7, 11) is -3.82. The molecule has 4 aromatic rings. The first kappa shape index (κ1) is 18.8. The summed E-state index contributed by atoms with van der Waals surface area (Å²) in [5, 5.41) is 7.00. The molecule has 1 fully saturated rings. The van der Waals surface area contributed by atoms with Gasteiger partial charge in [0.1, 0.15) is 10.6 Å². The number of hydrogen-bond donors (Lipinski definition) is 1. The fraction of sp³-hybridized carbons (Fsp3) is 0.300. The van der Waals surface area contributed by atoms with Crippen LogP contribution < -0.4 is 4.72 Å².